The third-order valence-corrected chi connectivity index (χ3v) is 6.23. The fraction of sp³-hybridized carbons (Fsp3) is 0.208. The zero-order chi connectivity index (χ0) is 25.2. The van der Waals surface area contributed by atoms with Gasteiger partial charge in [-0.2, -0.15) is 0 Å². The van der Waals surface area contributed by atoms with Crippen molar-refractivity contribution in [3.63, 3.8) is 0 Å². The lowest BCUT2D eigenvalue weighted by Crippen LogP contribution is -2.32. The highest BCUT2D eigenvalue weighted by atomic mass is 16.5. The van der Waals surface area contributed by atoms with Gasteiger partial charge in [-0.3, -0.25) is 4.79 Å². The zero-order valence-corrected chi connectivity index (χ0v) is 17.8. The number of esters is 1. The van der Waals surface area contributed by atoms with Gasteiger partial charge in [-0.15, -0.1) is 0 Å². The van der Waals surface area contributed by atoms with Gasteiger partial charge in [0.2, 0.25) is 0 Å². The maximum absolute atomic E-state index is 12.3. The Morgan fingerprint density at radius 1 is 0.714 bits per heavy atom. The molecule has 0 fully saturated rings. The number of hydrogen-bond acceptors (Lipinski definition) is 11. The van der Waals surface area contributed by atoms with E-state index in [4.69, 9.17) is 9.47 Å². The minimum atomic E-state index is -1.24. The lowest BCUT2D eigenvalue weighted by Gasteiger charge is -2.36. The Labute approximate surface area is 196 Å². The van der Waals surface area contributed by atoms with Crippen LogP contribution in [0.5, 0.6) is 51.7 Å². The summed E-state index contributed by atoms with van der Waals surface area (Å²) < 4.78 is 11.4. The number of phenolic OH excluding ortho intramolecular Hbond substituents is 7. The molecule has 0 aromatic heterocycles. The monoisotopic (exact) mass is 484 g/mol. The standard InChI is InChI=1S/C24H20O11/c25-12-7-18-20(10(6-19(31)34-18)8-1-13(26)21(32)14(27)2-8)24-11(12)5-17(30)23(35-24)9-3-15(28)22(33)16(29)4-9/h1-4,7,10,17,23,25-30,32-33H,5-6H2/t10-,17+,23+/m0/s1. The molecule has 0 saturated heterocycles. The minimum absolute atomic E-state index is 0.0407. The normalized spacial score (nSPS) is 20.9. The summed E-state index contributed by atoms with van der Waals surface area (Å²) >= 11 is 0. The average Bonchev–Trinajstić information content (AvgIpc) is 2.79. The molecule has 3 atom stereocenters. The maximum Gasteiger partial charge on any atom is 0.312 e. The number of fused-ring (bicyclic) bond motifs is 3. The van der Waals surface area contributed by atoms with E-state index in [0.717, 1.165) is 12.1 Å². The Hall–Kier alpha value is -4.51. The molecule has 2 aliphatic heterocycles. The molecule has 35 heavy (non-hydrogen) atoms. The molecule has 0 aliphatic carbocycles. The number of rotatable bonds is 2. The van der Waals surface area contributed by atoms with Crippen LogP contribution in [0.3, 0.4) is 0 Å². The molecule has 3 aromatic carbocycles. The minimum Gasteiger partial charge on any atom is -0.507 e. The van der Waals surface area contributed by atoms with Crippen LogP contribution in [-0.4, -0.2) is 52.9 Å². The number of aliphatic hydroxyl groups excluding tert-OH is 1. The third kappa shape index (κ3) is 3.53. The number of hydrogen-bond donors (Lipinski definition) is 8. The number of benzene rings is 3. The summed E-state index contributed by atoms with van der Waals surface area (Å²) in [6.45, 7) is 0. The van der Waals surface area contributed by atoms with Gasteiger partial charge in [-0.1, -0.05) is 0 Å². The van der Waals surface area contributed by atoms with Crippen molar-refractivity contribution in [2.45, 2.75) is 31.0 Å². The van der Waals surface area contributed by atoms with Crippen LogP contribution in [-0.2, 0) is 11.2 Å². The van der Waals surface area contributed by atoms with Crippen molar-refractivity contribution in [2.75, 3.05) is 0 Å². The van der Waals surface area contributed by atoms with E-state index in [1.165, 1.54) is 18.2 Å². The number of ether oxygens (including phenoxy) is 2. The molecule has 0 bridgehead atoms. The number of carbonyl (C=O) groups is 1. The third-order valence-electron chi connectivity index (χ3n) is 6.23. The molecule has 11 nitrogen and oxygen atoms in total. The van der Waals surface area contributed by atoms with Crippen molar-refractivity contribution in [1.29, 1.82) is 0 Å². The summed E-state index contributed by atoms with van der Waals surface area (Å²) in [5.41, 5.74) is 0.855. The number of aromatic hydroxyl groups is 7. The van der Waals surface area contributed by atoms with Crippen LogP contribution in [0, 0.1) is 0 Å². The topological polar surface area (TPSA) is 197 Å². The highest BCUT2D eigenvalue weighted by molar-refractivity contribution is 5.80. The summed E-state index contributed by atoms with van der Waals surface area (Å²) in [6.07, 6.45) is -2.74. The first-order valence-corrected chi connectivity index (χ1v) is 10.5. The van der Waals surface area contributed by atoms with E-state index >= 15 is 0 Å². The van der Waals surface area contributed by atoms with Crippen LogP contribution >= 0.6 is 0 Å². The van der Waals surface area contributed by atoms with Crippen molar-refractivity contribution in [2.24, 2.45) is 0 Å². The molecular weight excluding hydrogens is 464 g/mol. The predicted molar refractivity (Wildman–Crippen MR) is 116 cm³/mol. The summed E-state index contributed by atoms with van der Waals surface area (Å²) in [7, 11) is 0. The summed E-state index contributed by atoms with van der Waals surface area (Å²) in [6, 6.07) is 5.76. The van der Waals surface area contributed by atoms with Gasteiger partial charge in [-0.05, 0) is 29.8 Å². The van der Waals surface area contributed by atoms with Crippen LogP contribution in [0.25, 0.3) is 0 Å². The molecule has 0 unspecified atom stereocenters. The van der Waals surface area contributed by atoms with Gasteiger partial charge in [0.05, 0.1) is 12.5 Å². The zero-order valence-electron chi connectivity index (χ0n) is 17.8. The van der Waals surface area contributed by atoms with Crippen LogP contribution in [0.4, 0.5) is 0 Å². The molecule has 2 heterocycles. The smallest absolute Gasteiger partial charge is 0.312 e. The molecule has 0 radical (unpaired) electrons. The van der Waals surface area contributed by atoms with E-state index < -0.39 is 58.6 Å². The average molecular weight is 484 g/mol. The van der Waals surface area contributed by atoms with Gasteiger partial charge in [0.25, 0.3) is 0 Å². The molecule has 5 rings (SSSR count). The maximum atomic E-state index is 12.3. The Morgan fingerprint density at radius 3 is 1.83 bits per heavy atom. The Morgan fingerprint density at radius 2 is 1.26 bits per heavy atom. The van der Waals surface area contributed by atoms with E-state index in [0.29, 0.717) is 0 Å². The second-order valence-corrected chi connectivity index (χ2v) is 8.47. The molecule has 182 valence electrons. The van der Waals surface area contributed by atoms with E-state index in [1.807, 2.05) is 0 Å². The van der Waals surface area contributed by atoms with Gasteiger partial charge in [0.1, 0.15) is 17.2 Å². The molecule has 0 amide bonds. The van der Waals surface area contributed by atoms with E-state index in [1.54, 1.807) is 0 Å². The molecule has 11 heteroatoms. The number of aliphatic hydroxyl groups is 1. The Bertz CT molecular complexity index is 1330. The molecule has 0 spiro atoms. The lowest BCUT2D eigenvalue weighted by atomic mass is 9.82. The van der Waals surface area contributed by atoms with Crippen molar-refractivity contribution < 1.29 is 55.1 Å². The summed E-state index contributed by atoms with van der Waals surface area (Å²) in [5, 5.41) is 80.5. The molecule has 2 aliphatic rings. The van der Waals surface area contributed by atoms with Gasteiger partial charge >= 0.3 is 5.97 Å². The van der Waals surface area contributed by atoms with Crippen LogP contribution in [0.2, 0.25) is 0 Å². The van der Waals surface area contributed by atoms with Crippen molar-refractivity contribution in [1.82, 2.24) is 0 Å². The largest absolute Gasteiger partial charge is 0.507 e. The summed E-state index contributed by atoms with van der Waals surface area (Å²) in [4.78, 5) is 12.3. The Balaban J connectivity index is 1.68. The number of phenols is 7. The highest BCUT2D eigenvalue weighted by Crippen LogP contribution is 2.54. The fourth-order valence-corrected chi connectivity index (χ4v) is 4.57. The van der Waals surface area contributed by atoms with Crippen molar-refractivity contribution >= 4 is 5.97 Å². The first-order valence-electron chi connectivity index (χ1n) is 10.5. The van der Waals surface area contributed by atoms with Crippen molar-refractivity contribution in [3.05, 3.63) is 52.6 Å². The second-order valence-electron chi connectivity index (χ2n) is 8.47. The predicted octanol–water partition coefficient (Wildman–Crippen LogP) is 2.10. The Kier molecular flexibility index (Phi) is 4.95. The SMILES string of the molecule is O=C1C[C@@H](c2cc(O)c(O)c(O)c2)c2c(cc(O)c3c2O[C@H](c2cc(O)c(O)c(O)c2)[C@H](O)C3)O1. The first kappa shape index (κ1) is 22.3. The van der Waals surface area contributed by atoms with Crippen LogP contribution < -0.4 is 9.47 Å². The van der Waals surface area contributed by atoms with Gasteiger partial charge in [0.15, 0.2) is 40.6 Å². The molecule has 0 saturated carbocycles. The molecule has 3 aromatic rings. The van der Waals surface area contributed by atoms with Gasteiger partial charge in [0, 0.05) is 35.1 Å². The van der Waals surface area contributed by atoms with Gasteiger partial charge in [-0.25, -0.2) is 0 Å². The second kappa shape index (κ2) is 7.77. The lowest BCUT2D eigenvalue weighted by molar-refractivity contribution is -0.135. The van der Waals surface area contributed by atoms with Crippen LogP contribution in [0.1, 0.15) is 40.7 Å². The number of carbonyl (C=O) groups excluding carboxylic acids is 1. The van der Waals surface area contributed by atoms with E-state index in [-0.39, 0.29) is 52.3 Å². The molecule has 8 N–H and O–H groups in total. The van der Waals surface area contributed by atoms with Crippen LogP contribution in [0.15, 0.2) is 30.3 Å². The van der Waals surface area contributed by atoms with E-state index in [2.05, 4.69) is 0 Å². The highest BCUT2D eigenvalue weighted by Gasteiger charge is 2.40. The quantitative estimate of drug-likeness (QED) is 0.151. The first-order chi connectivity index (χ1) is 16.5. The molecular formula is C24H20O11. The van der Waals surface area contributed by atoms with E-state index in [9.17, 15) is 45.6 Å². The van der Waals surface area contributed by atoms with Crippen molar-refractivity contribution in [3.8, 4) is 51.7 Å². The fourth-order valence-electron chi connectivity index (χ4n) is 4.57. The summed E-state index contributed by atoms with van der Waals surface area (Å²) in [5.74, 6) is -5.76. The van der Waals surface area contributed by atoms with Gasteiger partial charge < -0.3 is 50.3 Å².